The maximum Gasteiger partial charge on any atom is 0.258 e. The van der Waals surface area contributed by atoms with Crippen molar-refractivity contribution in [1.82, 2.24) is 15.1 Å². The second kappa shape index (κ2) is 6.86. The van der Waals surface area contributed by atoms with E-state index in [1.165, 1.54) is 18.0 Å². The van der Waals surface area contributed by atoms with Gasteiger partial charge in [-0.05, 0) is 12.1 Å². The van der Waals surface area contributed by atoms with Crippen molar-refractivity contribution in [3.05, 3.63) is 41.6 Å². The number of nitrogens with zero attached hydrogens (tertiary/aromatic N) is 2. The summed E-state index contributed by atoms with van der Waals surface area (Å²) in [5, 5.41) is 8.50. The molecule has 1 heterocycles. The van der Waals surface area contributed by atoms with E-state index in [0.29, 0.717) is 6.07 Å². The number of carbonyl (C=O) groups excluding carboxylic acids is 2. The van der Waals surface area contributed by atoms with Crippen LogP contribution in [0, 0.1) is 11.6 Å². The molecule has 0 aliphatic heterocycles. The second-order valence-corrected chi connectivity index (χ2v) is 4.58. The first-order valence-electron chi connectivity index (χ1n) is 6.51. The van der Waals surface area contributed by atoms with Crippen molar-refractivity contribution in [2.45, 2.75) is 0 Å². The number of ether oxygens (including phenoxy) is 1. The van der Waals surface area contributed by atoms with Crippen molar-refractivity contribution in [3.63, 3.8) is 0 Å². The molecular weight excluding hydrogens is 310 g/mol. The number of aromatic nitrogens is 2. The van der Waals surface area contributed by atoms with Gasteiger partial charge in [-0.3, -0.25) is 14.3 Å². The number of rotatable bonds is 5. The van der Waals surface area contributed by atoms with Gasteiger partial charge >= 0.3 is 0 Å². The van der Waals surface area contributed by atoms with E-state index in [-0.39, 0.29) is 17.1 Å². The number of hydrogen-bond acceptors (Lipinski definition) is 4. The molecule has 23 heavy (non-hydrogen) atoms. The molecule has 9 heteroatoms. The van der Waals surface area contributed by atoms with Crippen molar-refractivity contribution >= 4 is 17.5 Å². The molecule has 0 saturated carbocycles. The highest BCUT2D eigenvalue weighted by Crippen LogP contribution is 2.15. The van der Waals surface area contributed by atoms with Crippen LogP contribution < -0.4 is 15.4 Å². The average molecular weight is 324 g/mol. The highest BCUT2D eigenvalue weighted by Gasteiger charge is 2.17. The van der Waals surface area contributed by atoms with Gasteiger partial charge in [-0.25, -0.2) is 8.78 Å². The summed E-state index contributed by atoms with van der Waals surface area (Å²) >= 11 is 0. The summed E-state index contributed by atoms with van der Waals surface area (Å²) in [6.07, 6.45) is 1.44. The van der Waals surface area contributed by atoms with Gasteiger partial charge in [0.15, 0.2) is 0 Å². The van der Waals surface area contributed by atoms with Crippen LogP contribution in [0.5, 0.6) is 5.88 Å². The third-order valence-corrected chi connectivity index (χ3v) is 2.85. The number of halogens is 2. The molecule has 2 aromatic rings. The van der Waals surface area contributed by atoms with E-state index < -0.39 is 30.0 Å². The van der Waals surface area contributed by atoms with E-state index in [1.54, 1.807) is 7.05 Å². The molecule has 0 saturated heterocycles. The van der Waals surface area contributed by atoms with Gasteiger partial charge in [0.1, 0.15) is 17.2 Å². The molecule has 0 bridgehead atoms. The van der Waals surface area contributed by atoms with Gasteiger partial charge in [-0.2, -0.15) is 0 Å². The number of nitrogens with one attached hydrogen (secondary N) is 2. The lowest BCUT2D eigenvalue weighted by atomic mass is 10.3. The lowest BCUT2D eigenvalue weighted by Crippen LogP contribution is -2.33. The highest BCUT2D eigenvalue weighted by atomic mass is 19.1. The molecule has 0 spiro atoms. The lowest BCUT2D eigenvalue weighted by Gasteiger charge is -2.07. The zero-order chi connectivity index (χ0) is 17.0. The summed E-state index contributed by atoms with van der Waals surface area (Å²) in [7, 11) is 2.98. The van der Waals surface area contributed by atoms with Gasteiger partial charge in [-0.1, -0.05) is 0 Å². The standard InChI is InChI=1S/C14H14F2N4O3/c1-20-7-9(14(19-20)23-2)13(22)17-6-12(21)18-11-4-3-8(15)5-10(11)16/h3-5,7H,6H2,1-2H3,(H,17,22)(H,18,21). The van der Waals surface area contributed by atoms with E-state index in [1.807, 2.05) is 0 Å². The van der Waals surface area contributed by atoms with Crippen LogP contribution in [-0.2, 0) is 11.8 Å². The number of benzene rings is 1. The molecule has 2 N–H and O–H groups in total. The fourth-order valence-electron chi connectivity index (χ4n) is 1.82. The number of carbonyl (C=O) groups is 2. The minimum atomic E-state index is -0.904. The maximum absolute atomic E-state index is 13.4. The van der Waals surface area contributed by atoms with E-state index in [0.717, 1.165) is 12.1 Å². The molecule has 0 unspecified atom stereocenters. The Morgan fingerprint density at radius 3 is 2.74 bits per heavy atom. The Morgan fingerprint density at radius 2 is 2.09 bits per heavy atom. The van der Waals surface area contributed by atoms with Crippen molar-refractivity contribution in [2.75, 3.05) is 19.0 Å². The van der Waals surface area contributed by atoms with Crippen molar-refractivity contribution < 1.29 is 23.1 Å². The Bertz CT molecular complexity index is 746. The molecule has 0 atom stereocenters. The molecular formula is C14H14F2N4O3. The minimum absolute atomic E-state index is 0.120. The Balaban J connectivity index is 1.94. The van der Waals surface area contributed by atoms with Crippen LogP contribution in [0.3, 0.4) is 0 Å². The molecule has 0 radical (unpaired) electrons. The minimum Gasteiger partial charge on any atom is -0.479 e. The second-order valence-electron chi connectivity index (χ2n) is 4.58. The topological polar surface area (TPSA) is 85.2 Å². The first-order chi connectivity index (χ1) is 10.9. The van der Waals surface area contributed by atoms with E-state index in [2.05, 4.69) is 15.7 Å². The van der Waals surface area contributed by atoms with Gasteiger partial charge in [0.05, 0.1) is 19.3 Å². The number of methoxy groups -OCH3 is 1. The van der Waals surface area contributed by atoms with Crippen molar-refractivity contribution in [2.24, 2.45) is 7.05 Å². The number of anilines is 1. The summed E-state index contributed by atoms with van der Waals surface area (Å²) in [6, 6.07) is 2.75. The summed E-state index contributed by atoms with van der Waals surface area (Å²) in [5.74, 6) is -2.76. The van der Waals surface area contributed by atoms with Gasteiger partial charge < -0.3 is 15.4 Å². The van der Waals surface area contributed by atoms with Crippen LogP contribution in [-0.4, -0.2) is 35.2 Å². The quantitative estimate of drug-likeness (QED) is 0.862. The molecule has 7 nitrogen and oxygen atoms in total. The zero-order valence-corrected chi connectivity index (χ0v) is 12.4. The summed E-state index contributed by atoms with van der Waals surface area (Å²) < 4.78 is 32.5. The molecule has 2 amide bonds. The van der Waals surface area contributed by atoms with E-state index >= 15 is 0 Å². The predicted octanol–water partition coefficient (Wildman–Crippen LogP) is 1.08. The Hall–Kier alpha value is -2.97. The maximum atomic E-state index is 13.4. The Morgan fingerprint density at radius 1 is 1.35 bits per heavy atom. The SMILES string of the molecule is COc1nn(C)cc1C(=O)NCC(=O)Nc1ccc(F)cc1F. The normalized spacial score (nSPS) is 10.3. The predicted molar refractivity (Wildman–Crippen MR) is 77.1 cm³/mol. The van der Waals surface area contributed by atoms with Crippen molar-refractivity contribution in [1.29, 1.82) is 0 Å². The third kappa shape index (κ3) is 4.02. The summed E-state index contributed by atoms with van der Waals surface area (Å²) in [5.41, 5.74) is -0.0135. The first kappa shape index (κ1) is 16.4. The van der Waals surface area contributed by atoms with Crippen LogP contribution in [0.1, 0.15) is 10.4 Å². The molecule has 2 rings (SSSR count). The van der Waals surface area contributed by atoms with Crippen LogP contribution in [0.25, 0.3) is 0 Å². The molecule has 0 aliphatic rings. The Labute approximate surface area is 130 Å². The smallest absolute Gasteiger partial charge is 0.258 e. The lowest BCUT2D eigenvalue weighted by molar-refractivity contribution is -0.115. The van der Waals surface area contributed by atoms with Crippen LogP contribution in [0.4, 0.5) is 14.5 Å². The zero-order valence-electron chi connectivity index (χ0n) is 12.4. The van der Waals surface area contributed by atoms with Gasteiger partial charge in [-0.15, -0.1) is 5.10 Å². The summed E-state index contributed by atoms with van der Waals surface area (Å²) in [6.45, 7) is -0.395. The monoisotopic (exact) mass is 324 g/mol. The molecule has 0 aliphatic carbocycles. The van der Waals surface area contributed by atoms with Gasteiger partial charge in [0.2, 0.25) is 11.8 Å². The van der Waals surface area contributed by atoms with Gasteiger partial charge in [0, 0.05) is 19.3 Å². The van der Waals surface area contributed by atoms with Crippen LogP contribution >= 0.6 is 0 Å². The van der Waals surface area contributed by atoms with Crippen molar-refractivity contribution in [3.8, 4) is 5.88 Å². The largest absolute Gasteiger partial charge is 0.479 e. The molecule has 1 aromatic heterocycles. The highest BCUT2D eigenvalue weighted by molar-refractivity contribution is 6.00. The first-order valence-corrected chi connectivity index (χ1v) is 6.51. The van der Waals surface area contributed by atoms with Crippen LogP contribution in [0.2, 0.25) is 0 Å². The molecule has 1 aromatic carbocycles. The number of amides is 2. The Kier molecular flexibility index (Phi) is 4.89. The van der Waals surface area contributed by atoms with E-state index in [4.69, 9.17) is 4.74 Å². The van der Waals surface area contributed by atoms with E-state index in [9.17, 15) is 18.4 Å². The number of hydrogen-bond donors (Lipinski definition) is 2. The van der Waals surface area contributed by atoms with Gasteiger partial charge in [0.25, 0.3) is 5.91 Å². The fourth-order valence-corrected chi connectivity index (χ4v) is 1.82. The third-order valence-electron chi connectivity index (χ3n) is 2.85. The molecule has 0 fully saturated rings. The fraction of sp³-hybridized carbons (Fsp3) is 0.214. The molecule has 122 valence electrons. The average Bonchev–Trinajstić information content (AvgIpc) is 2.89. The number of aryl methyl sites for hydroxylation is 1. The summed E-state index contributed by atoms with van der Waals surface area (Å²) in [4.78, 5) is 23.7. The van der Waals surface area contributed by atoms with Crippen LogP contribution in [0.15, 0.2) is 24.4 Å².